The highest BCUT2D eigenvalue weighted by molar-refractivity contribution is 5.94. The summed E-state index contributed by atoms with van der Waals surface area (Å²) in [5.41, 5.74) is 2.87. The molecular formula is C20H27N3O3. The van der Waals surface area contributed by atoms with Crippen LogP contribution in [-0.4, -0.2) is 37.8 Å². The normalized spacial score (nSPS) is 10.5. The van der Waals surface area contributed by atoms with Crippen molar-refractivity contribution in [3.8, 4) is 0 Å². The minimum atomic E-state index is -0.153. The molecule has 1 aromatic carbocycles. The van der Waals surface area contributed by atoms with Gasteiger partial charge in [-0.3, -0.25) is 4.79 Å². The van der Waals surface area contributed by atoms with Gasteiger partial charge in [-0.2, -0.15) is 0 Å². The molecule has 2 N–H and O–H groups in total. The number of amides is 1. The second-order valence-corrected chi connectivity index (χ2v) is 5.86. The van der Waals surface area contributed by atoms with Crippen LogP contribution in [0.15, 0.2) is 42.6 Å². The fourth-order valence-electron chi connectivity index (χ4n) is 2.38. The molecule has 0 radical (unpaired) electrons. The van der Waals surface area contributed by atoms with E-state index in [-0.39, 0.29) is 5.91 Å². The number of aromatic nitrogens is 1. The lowest BCUT2D eigenvalue weighted by atomic mass is 10.1. The molecule has 0 saturated heterocycles. The van der Waals surface area contributed by atoms with Gasteiger partial charge >= 0.3 is 0 Å². The zero-order chi connectivity index (χ0) is 18.6. The fourth-order valence-corrected chi connectivity index (χ4v) is 2.38. The Labute approximate surface area is 154 Å². The van der Waals surface area contributed by atoms with E-state index in [0.717, 1.165) is 18.8 Å². The van der Waals surface area contributed by atoms with Crippen LogP contribution in [0.4, 0.5) is 5.82 Å². The van der Waals surface area contributed by atoms with Crippen molar-refractivity contribution in [2.75, 3.05) is 32.2 Å². The Kier molecular flexibility index (Phi) is 8.59. The highest BCUT2D eigenvalue weighted by atomic mass is 16.5. The Morgan fingerprint density at radius 3 is 2.62 bits per heavy atom. The number of hydrogen-bond donors (Lipinski definition) is 2. The van der Waals surface area contributed by atoms with E-state index in [0.29, 0.717) is 31.9 Å². The number of pyridine rings is 1. The maximum absolute atomic E-state index is 11.9. The molecule has 0 aliphatic heterocycles. The quantitative estimate of drug-likeness (QED) is 0.605. The minimum absolute atomic E-state index is 0.153. The summed E-state index contributed by atoms with van der Waals surface area (Å²) in [5.74, 6) is 0.572. The van der Waals surface area contributed by atoms with Crippen molar-refractivity contribution in [2.45, 2.75) is 26.5 Å². The Morgan fingerprint density at radius 1 is 1.12 bits per heavy atom. The number of carbonyl (C=O) groups is 1. The molecule has 1 amide bonds. The second kappa shape index (κ2) is 11.2. The average molecular weight is 357 g/mol. The van der Waals surface area contributed by atoms with Gasteiger partial charge in [0.2, 0.25) is 0 Å². The van der Waals surface area contributed by atoms with Gasteiger partial charge in [-0.05, 0) is 29.7 Å². The summed E-state index contributed by atoms with van der Waals surface area (Å²) < 4.78 is 10.6. The first-order valence-corrected chi connectivity index (χ1v) is 8.86. The molecule has 0 bridgehead atoms. The Hall–Kier alpha value is -2.44. The average Bonchev–Trinajstić information content (AvgIpc) is 2.68. The van der Waals surface area contributed by atoms with Crippen molar-refractivity contribution in [1.82, 2.24) is 10.3 Å². The lowest BCUT2D eigenvalue weighted by Crippen LogP contribution is -2.27. The van der Waals surface area contributed by atoms with Crippen molar-refractivity contribution in [3.63, 3.8) is 0 Å². The van der Waals surface area contributed by atoms with E-state index in [2.05, 4.69) is 34.7 Å². The summed E-state index contributed by atoms with van der Waals surface area (Å²) >= 11 is 0. The number of ether oxygens (including phenoxy) is 2. The molecule has 0 unspecified atom stereocenters. The third-order valence-electron chi connectivity index (χ3n) is 3.80. The summed E-state index contributed by atoms with van der Waals surface area (Å²) in [7, 11) is 1.60. The van der Waals surface area contributed by atoms with Gasteiger partial charge in [0.25, 0.3) is 5.91 Å². The maximum Gasteiger partial charge on any atom is 0.252 e. The van der Waals surface area contributed by atoms with Crippen LogP contribution < -0.4 is 10.6 Å². The summed E-state index contributed by atoms with van der Waals surface area (Å²) in [5, 5.41) is 6.06. The fraction of sp³-hybridized carbons (Fsp3) is 0.400. The van der Waals surface area contributed by atoms with Crippen LogP contribution in [-0.2, 0) is 22.6 Å². The number of rotatable bonds is 11. The van der Waals surface area contributed by atoms with Gasteiger partial charge in [0.15, 0.2) is 0 Å². The van der Waals surface area contributed by atoms with Crippen LogP contribution in [0.3, 0.4) is 0 Å². The predicted molar refractivity (Wildman–Crippen MR) is 102 cm³/mol. The van der Waals surface area contributed by atoms with Crippen LogP contribution in [0.1, 0.15) is 34.8 Å². The molecule has 0 fully saturated rings. The molecule has 2 aromatic rings. The molecule has 0 spiro atoms. The second-order valence-electron chi connectivity index (χ2n) is 5.86. The molecule has 1 aromatic heterocycles. The van der Waals surface area contributed by atoms with E-state index in [1.807, 2.05) is 12.1 Å². The third kappa shape index (κ3) is 6.46. The van der Waals surface area contributed by atoms with Crippen LogP contribution in [0.2, 0.25) is 0 Å². The molecule has 2 rings (SSSR count). The van der Waals surface area contributed by atoms with E-state index in [1.165, 1.54) is 11.1 Å². The summed E-state index contributed by atoms with van der Waals surface area (Å²) in [6.45, 7) is 5.09. The first kappa shape index (κ1) is 19.9. The molecule has 0 aliphatic rings. The number of anilines is 1. The van der Waals surface area contributed by atoms with Crippen LogP contribution in [0, 0.1) is 0 Å². The van der Waals surface area contributed by atoms with E-state index in [4.69, 9.17) is 9.47 Å². The number of methoxy groups -OCH3 is 1. The smallest absolute Gasteiger partial charge is 0.252 e. The van der Waals surface area contributed by atoms with Gasteiger partial charge in [-0.25, -0.2) is 4.98 Å². The zero-order valence-electron chi connectivity index (χ0n) is 15.5. The van der Waals surface area contributed by atoms with Crippen LogP contribution in [0.25, 0.3) is 0 Å². The standard InChI is InChI=1S/C20H27N3O3/c1-3-11-26-15-18-7-5-4-6-16(18)13-22-19-9-8-17(14-23-19)20(24)21-10-12-25-2/h4-9,14H,3,10-13,15H2,1-2H3,(H,21,24)(H,22,23). The molecule has 1 heterocycles. The van der Waals surface area contributed by atoms with Crippen molar-refractivity contribution in [3.05, 3.63) is 59.3 Å². The predicted octanol–water partition coefficient (Wildman–Crippen LogP) is 3.00. The summed E-state index contributed by atoms with van der Waals surface area (Å²) in [4.78, 5) is 16.3. The van der Waals surface area contributed by atoms with E-state index in [1.54, 1.807) is 25.4 Å². The lowest BCUT2D eigenvalue weighted by Gasteiger charge is -2.12. The van der Waals surface area contributed by atoms with Gasteiger partial charge in [0.05, 0.1) is 18.8 Å². The number of carbonyl (C=O) groups excluding carboxylic acids is 1. The molecule has 0 aliphatic carbocycles. The van der Waals surface area contributed by atoms with Crippen molar-refractivity contribution in [1.29, 1.82) is 0 Å². The van der Waals surface area contributed by atoms with E-state index in [9.17, 15) is 4.79 Å². The van der Waals surface area contributed by atoms with Gasteiger partial charge < -0.3 is 20.1 Å². The van der Waals surface area contributed by atoms with Crippen molar-refractivity contribution >= 4 is 11.7 Å². The molecule has 26 heavy (non-hydrogen) atoms. The van der Waals surface area contributed by atoms with E-state index < -0.39 is 0 Å². The monoisotopic (exact) mass is 357 g/mol. The summed E-state index contributed by atoms with van der Waals surface area (Å²) in [6.07, 6.45) is 2.58. The Balaban J connectivity index is 1.89. The Morgan fingerprint density at radius 2 is 1.92 bits per heavy atom. The summed E-state index contributed by atoms with van der Waals surface area (Å²) in [6, 6.07) is 11.8. The number of benzene rings is 1. The van der Waals surface area contributed by atoms with Crippen LogP contribution in [0.5, 0.6) is 0 Å². The van der Waals surface area contributed by atoms with Gasteiger partial charge in [0, 0.05) is 33.0 Å². The molecule has 140 valence electrons. The topological polar surface area (TPSA) is 72.5 Å². The highest BCUT2D eigenvalue weighted by Crippen LogP contribution is 2.13. The van der Waals surface area contributed by atoms with Crippen LogP contribution >= 0.6 is 0 Å². The molecular weight excluding hydrogens is 330 g/mol. The highest BCUT2D eigenvalue weighted by Gasteiger charge is 2.06. The first-order valence-electron chi connectivity index (χ1n) is 8.86. The SMILES string of the molecule is CCCOCc1ccccc1CNc1ccc(C(=O)NCCOC)cn1. The Bertz CT molecular complexity index is 674. The van der Waals surface area contributed by atoms with Gasteiger partial charge in [-0.15, -0.1) is 0 Å². The lowest BCUT2D eigenvalue weighted by molar-refractivity contribution is 0.0937. The maximum atomic E-state index is 11.9. The van der Waals surface area contributed by atoms with Crippen molar-refractivity contribution < 1.29 is 14.3 Å². The largest absolute Gasteiger partial charge is 0.383 e. The first-order chi connectivity index (χ1) is 12.7. The van der Waals surface area contributed by atoms with Crippen molar-refractivity contribution in [2.24, 2.45) is 0 Å². The van der Waals surface area contributed by atoms with E-state index >= 15 is 0 Å². The number of hydrogen-bond acceptors (Lipinski definition) is 5. The molecule has 6 nitrogen and oxygen atoms in total. The third-order valence-corrected chi connectivity index (χ3v) is 3.80. The molecule has 0 saturated carbocycles. The minimum Gasteiger partial charge on any atom is -0.383 e. The zero-order valence-corrected chi connectivity index (χ0v) is 15.5. The van der Waals surface area contributed by atoms with Gasteiger partial charge in [0.1, 0.15) is 5.82 Å². The molecule has 0 atom stereocenters. The number of nitrogens with one attached hydrogen (secondary N) is 2. The number of nitrogens with zero attached hydrogens (tertiary/aromatic N) is 1. The van der Waals surface area contributed by atoms with Gasteiger partial charge in [-0.1, -0.05) is 31.2 Å². The molecule has 6 heteroatoms.